The minimum Gasteiger partial charge on any atom is -0.481 e. The summed E-state index contributed by atoms with van der Waals surface area (Å²) in [6, 6.07) is 13.7. The number of thioether (sulfide) groups is 1. The van der Waals surface area contributed by atoms with E-state index in [-0.39, 0.29) is 10.7 Å². The lowest BCUT2D eigenvalue weighted by atomic mass is 10.2. The van der Waals surface area contributed by atoms with E-state index in [2.05, 4.69) is 5.32 Å². The zero-order chi connectivity index (χ0) is 21.7. The first-order valence-corrected chi connectivity index (χ1v) is 9.70. The number of aliphatic carboxylic acids is 1. The number of carbonyl (C=O) groups excluding carboxylic acids is 3. The van der Waals surface area contributed by atoms with Gasteiger partial charge in [-0.1, -0.05) is 35.9 Å². The lowest BCUT2D eigenvalue weighted by Gasteiger charge is -2.12. The number of ether oxygens (including phenoxy) is 1. The Balaban J connectivity index is 1.71. The third-order valence-electron chi connectivity index (χ3n) is 4.07. The number of hydrogen-bond donors (Lipinski definition) is 2. The van der Waals surface area contributed by atoms with Crippen molar-refractivity contribution in [3.05, 3.63) is 64.6 Å². The van der Waals surface area contributed by atoms with Gasteiger partial charge < -0.3 is 15.2 Å². The SMILES string of the molecule is Cc1ccc(NC(=O)CN2C(=O)S/C(=C/c3ccccc3OCC(=O)O)C2=O)cc1. The normalized spacial score (nSPS) is 14.8. The van der Waals surface area contributed by atoms with Gasteiger partial charge in [-0.05, 0) is 43.0 Å². The second-order valence-electron chi connectivity index (χ2n) is 6.40. The van der Waals surface area contributed by atoms with Gasteiger partial charge in [0.2, 0.25) is 5.91 Å². The summed E-state index contributed by atoms with van der Waals surface area (Å²) in [5, 5.41) is 10.9. The van der Waals surface area contributed by atoms with Crippen molar-refractivity contribution in [3.8, 4) is 5.75 Å². The van der Waals surface area contributed by atoms with Crippen LogP contribution < -0.4 is 10.1 Å². The summed E-state index contributed by atoms with van der Waals surface area (Å²) in [6.45, 7) is 0.974. The Hall–Kier alpha value is -3.59. The molecule has 30 heavy (non-hydrogen) atoms. The quantitative estimate of drug-likeness (QED) is 0.654. The Morgan fingerprint density at radius 2 is 1.83 bits per heavy atom. The molecule has 8 nitrogen and oxygen atoms in total. The highest BCUT2D eigenvalue weighted by molar-refractivity contribution is 8.18. The van der Waals surface area contributed by atoms with E-state index < -0.39 is 36.2 Å². The van der Waals surface area contributed by atoms with Crippen molar-refractivity contribution in [2.24, 2.45) is 0 Å². The second kappa shape index (κ2) is 9.27. The maximum Gasteiger partial charge on any atom is 0.341 e. The van der Waals surface area contributed by atoms with Gasteiger partial charge in [-0.15, -0.1) is 0 Å². The number of para-hydroxylation sites is 1. The summed E-state index contributed by atoms with van der Waals surface area (Å²) in [5.41, 5.74) is 2.06. The summed E-state index contributed by atoms with van der Waals surface area (Å²) in [6.07, 6.45) is 1.44. The molecule has 3 amide bonds. The maximum absolute atomic E-state index is 12.6. The van der Waals surface area contributed by atoms with Crippen molar-refractivity contribution in [3.63, 3.8) is 0 Å². The molecule has 1 heterocycles. The molecule has 1 saturated heterocycles. The number of rotatable bonds is 7. The smallest absolute Gasteiger partial charge is 0.341 e. The lowest BCUT2D eigenvalue weighted by molar-refractivity contribution is -0.139. The average Bonchev–Trinajstić information content (AvgIpc) is 2.96. The van der Waals surface area contributed by atoms with Gasteiger partial charge in [-0.3, -0.25) is 19.3 Å². The zero-order valence-corrected chi connectivity index (χ0v) is 16.8. The van der Waals surface area contributed by atoms with Gasteiger partial charge in [-0.25, -0.2) is 4.79 Å². The number of carbonyl (C=O) groups is 4. The molecule has 0 atom stereocenters. The standard InChI is InChI=1S/C21H18N2O6S/c1-13-6-8-15(9-7-13)22-18(24)11-23-20(27)17(30-21(23)28)10-14-4-2-3-5-16(14)29-12-19(25)26/h2-10H,11-12H2,1H3,(H,22,24)(H,25,26)/b17-10+. The molecule has 2 aromatic rings. The van der Waals surface area contributed by atoms with Crippen molar-refractivity contribution in [2.45, 2.75) is 6.92 Å². The Morgan fingerprint density at radius 3 is 2.53 bits per heavy atom. The minimum absolute atomic E-state index is 0.120. The molecule has 2 aromatic carbocycles. The summed E-state index contributed by atoms with van der Waals surface area (Å²) < 4.78 is 5.21. The van der Waals surface area contributed by atoms with E-state index in [0.29, 0.717) is 23.0 Å². The van der Waals surface area contributed by atoms with Crippen molar-refractivity contribution >= 4 is 46.5 Å². The Labute approximate surface area is 176 Å². The molecule has 154 valence electrons. The third-order valence-corrected chi connectivity index (χ3v) is 4.97. The molecule has 0 aliphatic carbocycles. The highest BCUT2D eigenvalue weighted by Gasteiger charge is 2.36. The average molecular weight is 426 g/mol. The molecule has 9 heteroatoms. The highest BCUT2D eigenvalue weighted by atomic mass is 32.2. The van der Waals surface area contributed by atoms with Gasteiger partial charge in [0.25, 0.3) is 11.1 Å². The first-order chi connectivity index (χ1) is 14.3. The van der Waals surface area contributed by atoms with Crippen LogP contribution in [0.15, 0.2) is 53.4 Å². The summed E-state index contributed by atoms with van der Waals surface area (Å²) >= 11 is 0.707. The first-order valence-electron chi connectivity index (χ1n) is 8.89. The molecule has 0 spiro atoms. The molecule has 2 N–H and O–H groups in total. The zero-order valence-electron chi connectivity index (χ0n) is 16.0. The van der Waals surface area contributed by atoms with Gasteiger partial charge in [0.1, 0.15) is 12.3 Å². The van der Waals surface area contributed by atoms with E-state index in [1.165, 1.54) is 6.08 Å². The van der Waals surface area contributed by atoms with Crippen LogP contribution >= 0.6 is 11.8 Å². The molecular formula is C21H18N2O6S. The van der Waals surface area contributed by atoms with Crippen LogP contribution in [0.1, 0.15) is 11.1 Å². The van der Waals surface area contributed by atoms with Crippen LogP contribution in [-0.2, 0) is 14.4 Å². The van der Waals surface area contributed by atoms with Gasteiger partial charge in [0, 0.05) is 11.3 Å². The van der Waals surface area contributed by atoms with Crippen molar-refractivity contribution in [2.75, 3.05) is 18.5 Å². The van der Waals surface area contributed by atoms with E-state index in [9.17, 15) is 19.2 Å². The van der Waals surface area contributed by atoms with Crippen molar-refractivity contribution in [1.82, 2.24) is 4.90 Å². The van der Waals surface area contributed by atoms with Crippen LogP contribution in [0.2, 0.25) is 0 Å². The molecule has 0 unspecified atom stereocenters. The van der Waals surface area contributed by atoms with Crippen molar-refractivity contribution in [1.29, 1.82) is 0 Å². The Bertz CT molecular complexity index is 1030. The van der Waals surface area contributed by atoms with Crippen LogP contribution in [0.5, 0.6) is 5.75 Å². The fourth-order valence-electron chi connectivity index (χ4n) is 2.63. The summed E-state index contributed by atoms with van der Waals surface area (Å²) in [5.74, 6) is -1.96. The number of hydrogen-bond acceptors (Lipinski definition) is 6. The van der Waals surface area contributed by atoms with Crippen LogP contribution in [0.3, 0.4) is 0 Å². The third kappa shape index (κ3) is 5.26. The van der Waals surface area contributed by atoms with Gasteiger partial charge >= 0.3 is 5.97 Å². The number of aryl methyl sites for hydroxylation is 1. The molecule has 1 aliphatic rings. The summed E-state index contributed by atoms with van der Waals surface area (Å²) in [4.78, 5) is 48.8. The summed E-state index contributed by atoms with van der Waals surface area (Å²) in [7, 11) is 0. The van der Waals surface area contributed by atoms with E-state index in [1.54, 1.807) is 36.4 Å². The van der Waals surface area contributed by atoms with E-state index in [1.807, 2.05) is 19.1 Å². The van der Waals surface area contributed by atoms with Gasteiger partial charge in [0.05, 0.1) is 4.91 Å². The number of nitrogens with one attached hydrogen (secondary N) is 1. The molecule has 3 rings (SSSR count). The fraction of sp³-hybridized carbons (Fsp3) is 0.143. The minimum atomic E-state index is -1.13. The van der Waals surface area contributed by atoms with Crippen LogP contribution in [0.25, 0.3) is 6.08 Å². The maximum atomic E-state index is 12.6. The number of benzene rings is 2. The predicted molar refractivity (Wildman–Crippen MR) is 112 cm³/mol. The Kier molecular flexibility index (Phi) is 6.53. The van der Waals surface area contributed by atoms with Crippen molar-refractivity contribution < 1.29 is 29.0 Å². The Morgan fingerprint density at radius 1 is 1.13 bits per heavy atom. The molecule has 0 aromatic heterocycles. The molecule has 0 radical (unpaired) electrons. The number of nitrogens with zero attached hydrogens (tertiary/aromatic N) is 1. The molecular weight excluding hydrogens is 408 g/mol. The topological polar surface area (TPSA) is 113 Å². The number of imide groups is 1. The van der Waals surface area contributed by atoms with E-state index in [0.717, 1.165) is 10.5 Å². The highest BCUT2D eigenvalue weighted by Crippen LogP contribution is 2.33. The number of amides is 3. The van der Waals surface area contributed by atoms with E-state index >= 15 is 0 Å². The van der Waals surface area contributed by atoms with Crippen LogP contribution in [0, 0.1) is 6.92 Å². The predicted octanol–water partition coefficient (Wildman–Crippen LogP) is 3.13. The first kappa shape index (κ1) is 21.1. The van der Waals surface area contributed by atoms with Gasteiger partial charge in [0.15, 0.2) is 6.61 Å². The van der Waals surface area contributed by atoms with E-state index in [4.69, 9.17) is 9.84 Å². The fourth-order valence-corrected chi connectivity index (χ4v) is 3.46. The van der Waals surface area contributed by atoms with Crippen LogP contribution in [0.4, 0.5) is 10.5 Å². The number of carboxylic acid groups (broad SMARTS) is 1. The molecule has 1 aliphatic heterocycles. The molecule has 0 bridgehead atoms. The molecule has 0 saturated carbocycles. The monoisotopic (exact) mass is 426 g/mol. The largest absolute Gasteiger partial charge is 0.481 e. The van der Waals surface area contributed by atoms with Crippen LogP contribution in [-0.4, -0.2) is 46.2 Å². The second-order valence-corrected chi connectivity index (χ2v) is 7.40. The number of anilines is 1. The lowest BCUT2D eigenvalue weighted by Crippen LogP contribution is -2.36. The molecule has 1 fully saturated rings. The number of carboxylic acids is 1. The van der Waals surface area contributed by atoms with Gasteiger partial charge in [-0.2, -0.15) is 0 Å².